The zero-order chi connectivity index (χ0) is 14.4. The van der Waals surface area contributed by atoms with Crippen LogP contribution in [-0.4, -0.2) is 25.7 Å². The van der Waals surface area contributed by atoms with E-state index in [2.05, 4.69) is 16.4 Å². The Morgan fingerprint density at radius 2 is 2.00 bits per heavy atom. The first-order valence-corrected chi connectivity index (χ1v) is 6.40. The average Bonchev–Trinajstić information content (AvgIpc) is 2.49. The van der Waals surface area contributed by atoms with Crippen LogP contribution in [0.4, 0.5) is 11.5 Å². The molecular formula is C15H19N3O2. The number of hydrogen-bond acceptors (Lipinski definition) is 5. The van der Waals surface area contributed by atoms with Gasteiger partial charge in [0.15, 0.2) is 0 Å². The number of nitrogens with zero attached hydrogens (tertiary/aromatic N) is 1. The lowest BCUT2D eigenvalue weighted by molar-refractivity contribution is 0.401. The molecule has 0 bridgehead atoms. The summed E-state index contributed by atoms with van der Waals surface area (Å²) in [6.07, 6.45) is 0.881. The Hall–Kier alpha value is -2.43. The molecule has 0 aliphatic heterocycles. The van der Waals surface area contributed by atoms with Crippen molar-refractivity contribution in [2.24, 2.45) is 0 Å². The number of pyridine rings is 1. The molecule has 0 saturated carbocycles. The van der Waals surface area contributed by atoms with Gasteiger partial charge in [-0.15, -0.1) is 0 Å². The van der Waals surface area contributed by atoms with Crippen LogP contribution in [0.15, 0.2) is 36.4 Å². The van der Waals surface area contributed by atoms with Gasteiger partial charge in [0, 0.05) is 6.54 Å². The number of rotatable bonds is 6. The highest BCUT2D eigenvalue weighted by Gasteiger charge is 2.02. The highest BCUT2D eigenvalue weighted by molar-refractivity contribution is 5.53. The van der Waals surface area contributed by atoms with Crippen LogP contribution in [0.25, 0.3) is 0 Å². The largest absolute Gasteiger partial charge is 0.497 e. The van der Waals surface area contributed by atoms with Crippen LogP contribution in [0.2, 0.25) is 0 Å². The minimum Gasteiger partial charge on any atom is -0.497 e. The summed E-state index contributed by atoms with van der Waals surface area (Å²) >= 11 is 0. The molecule has 2 aromatic rings. The average molecular weight is 273 g/mol. The third-order valence-electron chi connectivity index (χ3n) is 2.94. The SMILES string of the molecule is COc1cccc(CCNc2ccc(N)c(OC)n2)c1. The Morgan fingerprint density at radius 3 is 2.75 bits per heavy atom. The Balaban J connectivity index is 1.92. The van der Waals surface area contributed by atoms with Crippen LogP contribution < -0.4 is 20.5 Å². The number of anilines is 2. The first kappa shape index (κ1) is 14.0. The zero-order valence-corrected chi connectivity index (χ0v) is 11.7. The van der Waals surface area contributed by atoms with E-state index in [1.807, 2.05) is 24.3 Å². The van der Waals surface area contributed by atoms with Crippen molar-refractivity contribution in [3.8, 4) is 11.6 Å². The summed E-state index contributed by atoms with van der Waals surface area (Å²) in [6, 6.07) is 11.6. The van der Waals surface area contributed by atoms with Gasteiger partial charge in [-0.25, -0.2) is 0 Å². The van der Waals surface area contributed by atoms with E-state index in [1.54, 1.807) is 20.3 Å². The van der Waals surface area contributed by atoms with Crippen molar-refractivity contribution in [1.29, 1.82) is 0 Å². The first-order valence-electron chi connectivity index (χ1n) is 6.40. The Morgan fingerprint density at radius 1 is 1.15 bits per heavy atom. The maximum atomic E-state index is 5.72. The second-order valence-electron chi connectivity index (χ2n) is 4.32. The van der Waals surface area contributed by atoms with Crippen molar-refractivity contribution in [2.75, 3.05) is 31.8 Å². The smallest absolute Gasteiger partial charge is 0.238 e. The lowest BCUT2D eigenvalue weighted by Gasteiger charge is -2.09. The molecule has 1 aromatic heterocycles. The zero-order valence-electron chi connectivity index (χ0n) is 11.7. The lowest BCUT2D eigenvalue weighted by Crippen LogP contribution is -2.07. The minimum atomic E-state index is 0.441. The van der Waals surface area contributed by atoms with Gasteiger partial charge in [-0.05, 0) is 36.2 Å². The van der Waals surface area contributed by atoms with E-state index in [0.717, 1.165) is 24.5 Å². The van der Waals surface area contributed by atoms with Gasteiger partial charge in [-0.3, -0.25) is 0 Å². The molecule has 0 amide bonds. The summed E-state index contributed by atoms with van der Waals surface area (Å²) < 4.78 is 10.3. The Bertz CT molecular complexity index is 573. The number of nitrogens with two attached hydrogens (primary N) is 1. The van der Waals surface area contributed by atoms with Gasteiger partial charge < -0.3 is 20.5 Å². The van der Waals surface area contributed by atoms with E-state index in [9.17, 15) is 0 Å². The number of nitrogens with one attached hydrogen (secondary N) is 1. The topological polar surface area (TPSA) is 69.4 Å². The fourth-order valence-corrected chi connectivity index (χ4v) is 1.88. The first-order chi connectivity index (χ1) is 9.72. The van der Waals surface area contributed by atoms with E-state index >= 15 is 0 Å². The molecule has 106 valence electrons. The molecule has 5 nitrogen and oxygen atoms in total. The fraction of sp³-hybridized carbons (Fsp3) is 0.267. The summed E-state index contributed by atoms with van der Waals surface area (Å²) in [5.41, 5.74) is 7.46. The molecule has 0 aliphatic carbocycles. The highest BCUT2D eigenvalue weighted by Crippen LogP contribution is 2.20. The molecule has 1 heterocycles. The molecule has 1 aromatic carbocycles. The maximum absolute atomic E-state index is 5.72. The predicted molar refractivity (Wildman–Crippen MR) is 80.4 cm³/mol. The van der Waals surface area contributed by atoms with Gasteiger partial charge in [-0.2, -0.15) is 4.98 Å². The second kappa shape index (κ2) is 6.65. The van der Waals surface area contributed by atoms with E-state index in [1.165, 1.54) is 5.56 Å². The van der Waals surface area contributed by atoms with Crippen molar-refractivity contribution >= 4 is 11.5 Å². The molecule has 5 heteroatoms. The molecule has 2 rings (SSSR count). The normalized spacial score (nSPS) is 10.1. The molecule has 20 heavy (non-hydrogen) atoms. The van der Waals surface area contributed by atoms with E-state index in [-0.39, 0.29) is 0 Å². The predicted octanol–water partition coefficient (Wildman–Crippen LogP) is 2.34. The summed E-state index contributed by atoms with van der Waals surface area (Å²) in [4.78, 5) is 4.27. The quantitative estimate of drug-likeness (QED) is 0.845. The van der Waals surface area contributed by atoms with Gasteiger partial charge in [-0.1, -0.05) is 12.1 Å². The highest BCUT2D eigenvalue weighted by atomic mass is 16.5. The molecule has 3 N–H and O–H groups in total. The van der Waals surface area contributed by atoms with Crippen LogP contribution in [0.1, 0.15) is 5.56 Å². The fourth-order valence-electron chi connectivity index (χ4n) is 1.88. The molecule has 0 atom stereocenters. The second-order valence-corrected chi connectivity index (χ2v) is 4.32. The van der Waals surface area contributed by atoms with E-state index in [0.29, 0.717) is 11.6 Å². The van der Waals surface area contributed by atoms with Crippen LogP contribution in [0, 0.1) is 0 Å². The molecule has 0 spiro atoms. The van der Waals surface area contributed by atoms with Gasteiger partial charge in [0.25, 0.3) is 0 Å². The Kier molecular flexibility index (Phi) is 4.65. The van der Waals surface area contributed by atoms with Crippen LogP contribution in [0.3, 0.4) is 0 Å². The van der Waals surface area contributed by atoms with Gasteiger partial charge in [0.05, 0.1) is 19.9 Å². The van der Waals surface area contributed by atoms with Crippen molar-refractivity contribution in [1.82, 2.24) is 4.98 Å². The number of hydrogen-bond donors (Lipinski definition) is 2. The van der Waals surface area contributed by atoms with Crippen LogP contribution >= 0.6 is 0 Å². The number of benzene rings is 1. The van der Waals surface area contributed by atoms with Crippen LogP contribution in [0.5, 0.6) is 11.6 Å². The van der Waals surface area contributed by atoms with Crippen molar-refractivity contribution in [3.05, 3.63) is 42.0 Å². The standard InChI is InChI=1S/C15H19N3O2/c1-19-12-5-3-4-11(10-12)8-9-17-14-7-6-13(16)15(18-14)20-2/h3-7,10H,8-9,16H2,1-2H3,(H,17,18). The number of ether oxygens (including phenoxy) is 2. The Labute approximate surface area is 118 Å². The molecule has 0 fully saturated rings. The molecule has 0 radical (unpaired) electrons. The summed E-state index contributed by atoms with van der Waals surface area (Å²) in [7, 11) is 3.22. The van der Waals surface area contributed by atoms with Crippen molar-refractivity contribution in [2.45, 2.75) is 6.42 Å². The third kappa shape index (κ3) is 3.54. The molecule has 0 saturated heterocycles. The van der Waals surface area contributed by atoms with Crippen molar-refractivity contribution in [3.63, 3.8) is 0 Å². The third-order valence-corrected chi connectivity index (χ3v) is 2.94. The van der Waals surface area contributed by atoms with Gasteiger partial charge in [0.1, 0.15) is 11.6 Å². The summed E-state index contributed by atoms with van der Waals surface area (Å²) in [5, 5.41) is 3.25. The maximum Gasteiger partial charge on any atom is 0.238 e. The lowest BCUT2D eigenvalue weighted by atomic mass is 10.1. The summed E-state index contributed by atoms with van der Waals surface area (Å²) in [6.45, 7) is 0.771. The minimum absolute atomic E-state index is 0.441. The van der Waals surface area contributed by atoms with Gasteiger partial charge >= 0.3 is 0 Å². The van der Waals surface area contributed by atoms with Crippen molar-refractivity contribution < 1.29 is 9.47 Å². The van der Waals surface area contributed by atoms with Crippen LogP contribution in [-0.2, 0) is 6.42 Å². The molecule has 0 aliphatic rings. The number of aromatic nitrogens is 1. The molecular weight excluding hydrogens is 254 g/mol. The number of methoxy groups -OCH3 is 2. The van der Waals surface area contributed by atoms with E-state index < -0.39 is 0 Å². The monoisotopic (exact) mass is 273 g/mol. The van der Waals surface area contributed by atoms with Gasteiger partial charge in [0.2, 0.25) is 5.88 Å². The number of nitrogen functional groups attached to an aromatic ring is 1. The van der Waals surface area contributed by atoms with E-state index in [4.69, 9.17) is 15.2 Å². The summed E-state index contributed by atoms with van der Waals surface area (Å²) in [5.74, 6) is 2.06. The molecule has 0 unspecified atom stereocenters.